The second-order valence-corrected chi connectivity index (χ2v) is 8.49. The van der Waals surface area contributed by atoms with E-state index >= 15 is 0 Å². The number of aromatic nitrogens is 3. The summed E-state index contributed by atoms with van der Waals surface area (Å²) < 4.78 is 25.0. The van der Waals surface area contributed by atoms with Crippen LogP contribution in [0, 0.1) is 0 Å². The molecule has 20 heavy (non-hydrogen) atoms. The van der Waals surface area contributed by atoms with Crippen molar-refractivity contribution in [2.75, 3.05) is 0 Å². The lowest BCUT2D eigenvalue weighted by molar-refractivity contribution is 0.336. The molecule has 1 aromatic heterocycles. The van der Waals surface area contributed by atoms with Crippen molar-refractivity contribution in [2.24, 2.45) is 0 Å². The van der Waals surface area contributed by atoms with E-state index in [1.165, 1.54) is 0 Å². The SMILES string of the molecule is CCCCC(CC)c1nnc(S(=O)(=O)Cl)n1C(C)(C)C. The third-order valence-electron chi connectivity index (χ3n) is 3.31. The molecule has 5 nitrogen and oxygen atoms in total. The second kappa shape index (κ2) is 6.43. The van der Waals surface area contributed by atoms with Gasteiger partial charge in [-0.05, 0) is 33.6 Å². The number of halogens is 1. The zero-order valence-corrected chi connectivity index (χ0v) is 14.4. The minimum absolute atomic E-state index is 0.156. The van der Waals surface area contributed by atoms with Gasteiger partial charge in [-0.15, -0.1) is 10.2 Å². The Kier molecular flexibility index (Phi) is 5.61. The molecule has 0 spiro atoms. The van der Waals surface area contributed by atoms with Crippen LogP contribution in [0.15, 0.2) is 5.16 Å². The van der Waals surface area contributed by atoms with Gasteiger partial charge in [-0.1, -0.05) is 26.7 Å². The molecule has 1 atom stereocenters. The fourth-order valence-electron chi connectivity index (χ4n) is 2.30. The molecule has 0 aliphatic rings. The summed E-state index contributed by atoms with van der Waals surface area (Å²) in [5.74, 6) is 0.918. The van der Waals surface area contributed by atoms with Gasteiger partial charge < -0.3 is 0 Å². The van der Waals surface area contributed by atoms with E-state index in [4.69, 9.17) is 10.7 Å². The van der Waals surface area contributed by atoms with Gasteiger partial charge in [0.15, 0.2) is 0 Å². The van der Waals surface area contributed by atoms with Crippen LogP contribution in [-0.4, -0.2) is 23.2 Å². The average Bonchev–Trinajstić information content (AvgIpc) is 2.74. The Morgan fingerprint density at radius 3 is 2.25 bits per heavy atom. The van der Waals surface area contributed by atoms with Gasteiger partial charge in [-0.25, -0.2) is 8.42 Å². The predicted octanol–water partition coefficient (Wildman–Crippen LogP) is 3.64. The van der Waals surface area contributed by atoms with E-state index in [0.717, 1.165) is 25.7 Å². The Balaban J connectivity index is 3.37. The normalized spacial score (nSPS) is 14.5. The molecule has 116 valence electrons. The number of rotatable bonds is 6. The molecule has 1 unspecified atom stereocenters. The Morgan fingerprint density at radius 2 is 1.85 bits per heavy atom. The molecular formula is C13H24ClN3O2S. The van der Waals surface area contributed by atoms with Crippen LogP contribution in [-0.2, 0) is 14.6 Å². The minimum atomic E-state index is -3.90. The molecule has 0 N–H and O–H groups in total. The van der Waals surface area contributed by atoms with E-state index in [1.54, 1.807) is 4.57 Å². The van der Waals surface area contributed by atoms with Gasteiger partial charge in [0.25, 0.3) is 14.2 Å². The van der Waals surface area contributed by atoms with Gasteiger partial charge >= 0.3 is 0 Å². The summed E-state index contributed by atoms with van der Waals surface area (Å²) in [4.78, 5) is 0. The maximum absolute atomic E-state index is 11.7. The smallest absolute Gasteiger partial charge is 0.295 e. The molecule has 0 aromatic carbocycles. The summed E-state index contributed by atoms with van der Waals surface area (Å²) in [7, 11) is 1.59. The fourth-order valence-corrected chi connectivity index (χ4v) is 3.32. The van der Waals surface area contributed by atoms with Crippen molar-refractivity contribution in [1.82, 2.24) is 14.8 Å². The van der Waals surface area contributed by atoms with Crippen LogP contribution in [0.3, 0.4) is 0 Å². The lowest BCUT2D eigenvalue weighted by Gasteiger charge is -2.26. The highest BCUT2D eigenvalue weighted by atomic mass is 35.7. The predicted molar refractivity (Wildman–Crippen MR) is 80.6 cm³/mol. The van der Waals surface area contributed by atoms with E-state index in [2.05, 4.69) is 24.0 Å². The van der Waals surface area contributed by atoms with Gasteiger partial charge in [0.05, 0.1) is 0 Å². The van der Waals surface area contributed by atoms with E-state index in [-0.39, 0.29) is 11.1 Å². The topological polar surface area (TPSA) is 64.8 Å². The maximum Gasteiger partial charge on any atom is 0.296 e. The quantitative estimate of drug-likeness (QED) is 0.750. The van der Waals surface area contributed by atoms with E-state index in [1.807, 2.05) is 20.8 Å². The zero-order valence-electron chi connectivity index (χ0n) is 12.9. The number of hydrogen-bond donors (Lipinski definition) is 0. The first-order chi connectivity index (χ1) is 9.12. The fraction of sp³-hybridized carbons (Fsp3) is 0.846. The third-order valence-corrected chi connectivity index (χ3v) is 4.43. The first-order valence-electron chi connectivity index (χ1n) is 7.03. The van der Waals surface area contributed by atoms with Gasteiger partial charge in [0.2, 0.25) is 0 Å². The Morgan fingerprint density at radius 1 is 1.25 bits per heavy atom. The molecule has 0 aliphatic carbocycles. The summed E-state index contributed by atoms with van der Waals surface area (Å²) in [6.45, 7) is 10.0. The first-order valence-corrected chi connectivity index (χ1v) is 9.34. The van der Waals surface area contributed by atoms with Crippen LogP contribution in [0.2, 0.25) is 0 Å². The molecule has 0 saturated carbocycles. The Labute approximate surface area is 126 Å². The van der Waals surface area contributed by atoms with E-state index < -0.39 is 14.6 Å². The summed E-state index contributed by atoms with van der Waals surface area (Å²) >= 11 is 0. The molecule has 1 aromatic rings. The molecule has 1 rings (SSSR count). The molecule has 0 saturated heterocycles. The van der Waals surface area contributed by atoms with E-state index in [0.29, 0.717) is 5.82 Å². The lowest BCUT2D eigenvalue weighted by Crippen LogP contribution is -2.28. The summed E-state index contributed by atoms with van der Waals surface area (Å²) in [5.41, 5.74) is -0.435. The average molecular weight is 322 g/mol. The zero-order chi connectivity index (χ0) is 15.6. The maximum atomic E-state index is 11.7. The van der Waals surface area contributed by atoms with Gasteiger partial charge in [-0.2, -0.15) is 0 Å². The Hall–Kier alpha value is -0.620. The molecule has 0 amide bonds. The van der Waals surface area contributed by atoms with Crippen LogP contribution in [0.5, 0.6) is 0 Å². The van der Waals surface area contributed by atoms with Gasteiger partial charge in [0, 0.05) is 22.1 Å². The summed E-state index contributed by atoms with van der Waals surface area (Å²) in [6, 6.07) is 0. The van der Waals surface area contributed by atoms with Crippen LogP contribution in [0.1, 0.15) is 72.0 Å². The Bertz CT molecular complexity index is 546. The molecule has 1 heterocycles. The third kappa shape index (κ3) is 3.95. The van der Waals surface area contributed by atoms with Crippen LogP contribution < -0.4 is 0 Å². The van der Waals surface area contributed by atoms with Crippen molar-refractivity contribution >= 4 is 19.7 Å². The van der Waals surface area contributed by atoms with Crippen molar-refractivity contribution < 1.29 is 8.42 Å². The highest BCUT2D eigenvalue weighted by molar-refractivity contribution is 8.13. The van der Waals surface area contributed by atoms with Gasteiger partial charge in [0.1, 0.15) is 5.82 Å². The van der Waals surface area contributed by atoms with Crippen molar-refractivity contribution in [3.8, 4) is 0 Å². The largest absolute Gasteiger partial charge is 0.296 e. The first kappa shape index (κ1) is 17.4. The van der Waals surface area contributed by atoms with Crippen LogP contribution in [0.25, 0.3) is 0 Å². The molecule has 0 bridgehead atoms. The van der Waals surface area contributed by atoms with Crippen LogP contribution in [0.4, 0.5) is 0 Å². The summed E-state index contributed by atoms with van der Waals surface area (Å²) in [6.07, 6.45) is 4.05. The highest BCUT2D eigenvalue weighted by Crippen LogP contribution is 2.31. The monoisotopic (exact) mass is 321 g/mol. The van der Waals surface area contributed by atoms with Crippen molar-refractivity contribution in [2.45, 2.75) is 76.9 Å². The second-order valence-electron chi connectivity index (χ2n) is 6.03. The van der Waals surface area contributed by atoms with E-state index in [9.17, 15) is 8.42 Å². The number of nitrogens with zero attached hydrogens (tertiary/aromatic N) is 3. The highest BCUT2D eigenvalue weighted by Gasteiger charge is 2.31. The summed E-state index contributed by atoms with van der Waals surface area (Å²) in [5, 5.41) is 7.79. The molecular weight excluding hydrogens is 298 g/mol. The lowest BCUT2D eigenvalue weighted by atomic mass is 9.97. The molecule has 7 heteroatoms. The molecule has 0 fully saturated rings. The number of hydrogen-bond acceptors (Lipinski definition) is 4. The van der Waals surface area contributed by atoms with Gasteiger partial charge in [-0.3, -0.25) is 4.57 Å². The van der Waals surface area contributed by atoms with Crippen molar-refractivity contribution in [1.29, 1.82) is 0 Å². The number of unbranched alkanes of at least 4 members (excludes halogenated alkanes) is 1. The molecule has 0 aliphatic heterocycles. The van der Waals surface area contributed by atoms with Crippen molar-refractivity contribution in [3.05, 3.63) is 5.82 Å². The van der Waals surface area contributed by atoms with Crippen molar-refractivity contribution in [3.63, 3.8) is 0 Å². The standard InChI is InChI=1S/C13H24ClN3O2S/c1-6-8-9-10(7-2)11-15-16-12(20(14,18)19)17(11)13(3,4)5/h10H,6-9H2,1-5H3. The molecule has 0 radical (unpaired) electrons. The minimum Gasteiger partial charge on any atom is -0.295 e. The van der Waals surface area contributed by atoms with Crippen LogP contribution >= 0.6 is 10.7 Å².